The molecule has 0 radical (unpaired) electrons. The molecule has 2 atom stereocenters. The summed E-state index contributed by atoms with van der Waals surface area (Å²) in [7, 11) is 0. The van der Waals surface area contributed by atoms with Crippen molar-refractivity contribution in [2.75, 3.05) is 0 Å². The lowest BCUT2D eigenvalue weighted by atomic mass is 9.64. The summed E-state index contributed by atoms with van der Waals surface area (Å²) < 4.78 is 0. The lowest BCUT2D eigenvalue weighted by Gasteiger charge is -2.42. The highest BCUT2D eigenvalue weighted by atomic mass is 16.5. The maximum Gasteiger partial charge on any atom is 0.158 e. The van der Waals surface area contributed by atoms with Crippen molar-refractivity contribution in [3.63, 3.8) is 0 Å². The van der Waals surface area contributed by atoms with E-state index in [1.165, 1.54) is 0 Å². The Kier molecular flexibility index (Phi) is 4.70. The molecule has 2 N–H and O–H groups in total. The Morgan fingerprint density at radius 3 is 1.43 bits per heavy atom. The Balaban J connectivity index is 2.41. The fourth-order valence-electron chi connectivity index (χ4n) is 2.84. The van der Waals surface area contributed by atoms with Crippen LogP contribution in [0.2, 0.25) is 0 Å². The van der Waals surface area contributed by atoms with E-state index >= 15 is 0 Å². The minimum atomic E-state index is -1.43. The van der Waals surface area contributed by atoms with Gasteiger partial charge in [-0.25, -0.2) is 0 Å². The summed E-state index contributed by atoms with van der Waals surface area (Å²) in [6.45, 7) is 5.95. The van der Waals surface area contributed by atoms with Gasteiger partial charge in [0.15, 0.2) is 6.29 Å². The summed E-state index contributed by atoms with van der Waals surface area (Å²) >= 11 is 0. The van der Waals surface area contributed by atoms with E-state index in [-0.39, 0.29) is 11.8 Å². The van der Waals surface area contributed by atoms with Gasteiger partial charge < -0.3 is 10.2 Å². The van der Waals surface area contributed by atoms with E-state index in [1.54, 1.807) is 24.8 Å². The van der Waals surface area contributed by atoms with Crippen LogP contribution in [0.4, 0.5) is 0 Å². The van der Waals surface area contributed by atoms with Gasteiger partial charge in [0.2, 0.25) is 0 Å². The first-order chi connectivity index (χ1) is 9.98. The monoisotopic (exact) mass is 286 g/mol. The SMILES string of the molecule is CC(c1ccncc1)C(C)(C(O)O)C(C)c1ccncc1. The predicted molar refractivity (Wildman–Crippen MR) is 81.6 cm³/mol. The summed E-state index contributed by atoms with van der Waals surface area (Å²) in [5, 5.41) is 20.1. The van der Waals surface area contributed by atoms with E-state index in [4.69, 9.17) is 0 Å². The van der Waals surface area contributed by atoms with Crippen LogP contribution in [0.5, 0.6) is 0 Å². The van der Waals surface area contributed by atoms with Gasteiger partial charge in [-0.05, 0) is 47.2 Å². The second kappa shape index (κ2) is 6.33. The van der Waals surface area contributed by atoms with Crippen LogP contribution in [0.1, 0.15) is 43.7 Å². The molecule has 0 aliphatic carbocycles. The normalized spacial score (nSPS) is 17.2. The van der Waals surface area contributed by atoms with E-state index in [2.05, 4.69) is 9.97 Å². The van der Waals surface area contributed by atoms with Crippen LogP contribution in [-0.2, 0) is 0 Å². The van der Waals surface area contributed by atoms with Crippen molar-refractivity contribution < 1.29 is 10.2 Å². The minimum absolute atomic E-state index is 0.0383. The molecule has 0 spiro atoms. The van der Waals surface area contributed by atoms with Crippen LogP contribution >= 0.6 is 0 Å². The molecular weight excluding hydrogens is 264 g/mol. The van der Waals surface area contributed by atoms with Gasteiger partial charge in [-0.15, -0.1) is 0 Å². The highest BCUT2D eigenvalue weighted by molar-refractivity contribution is 5.25. The van der Waals surface area contributed by atoms with Crippen LogP contribution in [0, 0.1) is 5.41 Å². The summed E-state index contributed by atoms with van der Waals surface area (Å²) in [6, 6.07) is 7.68. The van der Waals surface area contributed by atoms with E-state index < -0.39 is 11.7 Å². The summed E-state index contributed by atoms with van der Waals surface area (Å²) in [4.78, 5) is 8.05. The zero-order chi connectivity index (χ0) is 15.5. The molecule has 112 valence electrons. The Labute approximate surface area is 125 Å². The fraction of sp³-hybridized carbons (Fsp3) is 0.412. The van der Waals surface area contributed by atoms with Crippen molar-refractivity contribution in [3.8, 4) is 0 Å². The van der Waals surface area contributed by atoms with Gasteiger partial charge in [-0.2, -0.15) is 0 Å². The van der Waals surface area contributed by atoms with Gasteiger partial charge in [0.05, 0.1) is 0 Å². The molecule has 0 saturated carbocycles. The lowest BCUT2D eigenvalue weighted by Crippen LogP contribution is -2.41. The highest BCUT2D eigenvalue weighted by Crippen LogP contribution is 2.48. The van der Waals surface area contributed by atoms with Crippen LogP contribution in [-0.4, -0.2) is 26.5 Å². The topological polar surface area (TPSA) is 66.2 Å². The molecule has 0 bridgehead atoms. The fourth-order valence-corrected chi connectivity index (χ4v) is 2.84. The molecule has 21 heavy (non-hydrogen) atoms. The van der Waals surface area contributed by atoms with Crippen LogP contribution in [0.15, 0.2) is 49.1 Å². The molecule has 2 unspecified atom stereocenters. The number of hydrogen-bond donors (Lipinski definition) is 2. The van der Waals surface area contributed by atoms with Crippen molar-refractivity contribution in [3.05, 3.63) is 60.2 Å². The first-order valence-corrected chi connectivity index (χ1v) is 7.14. The lowest BCUT2D eigenvalue weighted by molar-refractivity contribution is -0.146. The number of aliphatic hydroxyl groups is 2. The molecule has 0 fully saturated rings. The average molecular weight is 286 g/mol. The summed E-state index contributed by atoms with van der Waals surface area (Å²) in [6.07, 6.45) is 5.49. The van der Waals surface area contributed by atoms with Gasteiger partial charge in [-0.1, -0.05) is 20.8 Å². The standard InChI is InChI=1S/C17H22N2O2/c1-12(14-4-8-18-9-5-14)17(3,16(20)21)13(2)15-6-10-19-11-7-15/h4-13,16,20-21H,1-3H3. The largest absolute Gasteiger partial charge is 0.368 e. The number of nitrogens with zero attached hydrogens (tertiary/aromatic N) is 2. The predicted octanol–water partition coefficient (Wildman–Crippen LogP) is 2.70. The third-order valence-electron chi connectivity index (χ3n) is 4.83. The number of aliphatic hydroxyl groups excluding tert-OH is 1. The molecule has 2 rings (SSSR count). The Morgan fingerprint density at radius 1 is 0.810 bits per heavy atom. The number of aromatic nitrogens is 2. The van der Waals surface area contributed by atoms with Crippen LogP contribution in [0.25, 0.3) is 0 Å². The van der Waals surface area contributed by atoms with Crippen molar-refractivity contribution in [1.29, 1.82) is 0 Å². The van der Waals surface area contributed by atoms with Crippen molar-refractivity contribution in [2.45, 2.75) is 38.9 Å². The summed E-state index contributed by atoms with van der Waals surface area (Å²) in [5.41, 5.74) is 1.37. The smallest absolute Gasteiger partial charge is 0.158 e. The zero-order valence-corrected chi connectivity index (χ0v) is 12.6. The number of pyridine rings is 2. The van der Waals surface area contributed by atoms with E-state index in [9.17, 15) is 10.2 Å². The van der Waals surface area contributed by atoms with Crippen molar-refractivity contribution >= 4 is 0 Å². The van der Waals surface area contributed by atoms with Gasteiger partial charge in [0.25, 0.3) is 0 Å². The number of hydrogen-bond acceptors (Lipinski definition) is 4. The van der Waals surface area contributed by atoms with E-state index in [1.807, 2.05) is 45.0 Å². The second-order valence-corrected chi connectivity index (χ2v) is 5.74. The maximum absolute atomic E-state index is 10.1. The molecule has 0 aliphatic heterocycles. The third kappa shape index (κ3) is 2.96. The van der Waals surface area contributed by atoms with E-state index in [0.29, 0.717) is 0 Å². The first kappa shape index (κ1) is 15.6. The molecule has 0 aliphatic rings. The molecule has 0 amide bonds. The van der Waals surface area contributed by atoms with Gasteiger partial charge >= 0.3 is 0 Å². The molecule has 0 aromatic carbocycles. The molecule has 2 heterocycles. The zero-order valence-electron chi connectivity index (χ0n) is 12.6. The molecule has 2 aromatic rings. The van der Waals surface area contributed by atoms with Crippen LogP contribution < -0.4 is 0 Å². The van der Waals surface area contributed by atoms with E-state index in [0.717, 1.165) is 11.1 Å². The van der Waals surface area contributed by atoms with Gasteiger partial charge in [0.1, 0.15) is 0 Å². The van der Waals surface area contributed by atoms with Gasteiger partial charge in [0, 0.05) is 30.2 Å². The quantitative estimate of drug-likeness (QED) is 0.829. The minimum Gasteiger partial charge on any atom is -0.368 e. The highest BCUT2D eigenvalue weighted by Gasteiger charge is 2.43. The molecule has 4 heteroatoms. The number of rotatable bonds is 5. The molecule has 4 nitrogen and oxygen atoms in total. The Bertz CT molecular complexity index is 512. The molecule has 0 saturated heterocycles. The van der Waals surface area contributed by atoms with Crippen LogP contribution in [0.3, 0.4) is 0 Å². The third-order valence-corrected chi connectivity index (χ3v) is 4.83. The summed E-state index contributed by atoms with van der Waals surface area (Å²) in [5.74, 6) is -0.0765. The Hall–Kier alpha value is -1.78. The van der Waals surface area contributed by atoms with Gasteiger partial charge in [-0.3, -0.25) is 9.97 Å². The first-order valence-electron chi connectivity index (χ1n) is 7.14. The average Bonchev–Trinajstić information content (AvgIpc) is 2.54. The molecule has 2 aromatic heterocycles. The molecular formula is C17H22N2O2. The maximum atomic E-state index is 10.1. The Morgan fingerprint density at radius 2 is 1.14 bits per heavy atom. The second-order valence-electron chi connectivity index (χ2n) is 5.74. The van der Waals surface area contributed by atoms with Crippen molar-refractivity contribution in [1.82, 2.24) is 9.97 Å². The van der Waals surface area contributed by atoms with Crippen molar-refractivity contribution in [2.24, 2.45) is 5.41 Å².